The van der Waals surface area contributed by atoms with Crippen LogP contribution >= 0.6 is 0 Å². The first-order valence-corrected chi connectivity index (χ1v) is 14.3. The molecule has 0 unspecified atom stereocenters. The zero-order chi connectivity index (χ0) is 35.9. The van der Waals surface area contributed by atoms with Crippen LogP contribution in [0, 0.1) is 27.5 Å². The standard InChI is InChI=1S/C16H13N5O4.C16H11N5O4.Cr.Na/c2*1-10-15(16(23)20(19-10)11-5-3-2-4-6-11)18-17-13-8-7-12(21(24)25)9-14(13)22;;/h2-9,22-23H,1H3;2-9H,1H3;;/q;-2;+3;+1/p-2. The number of aromatic nitrogens is 2. The summed E-state index contributed by atoms with van der Waals surface area (Å²) in [6, 6.07) is 20.8. The molecule has 0 atom stereocenters. The van der Waals surface area contributed by atoms with Gasteiger partial charge in [-0.25, -0.2) is 4.68 Å². The van der Waals surface area contributed by atoms with Gasteiger partial charge < -0.3 is 25.9 Å². The minimum atomic E-state index is -0.674. The number of hydrogen-bond donors (Lipinski definition) is 0. The molecule has 2 heterocycles. The number of amides is 1. The molecule has 1 aromatic heterocycles. The molecule has 1 radical (unpaired) electrons. The summed E-state index contributed by atoms with van der Waals surface area (Å²) in [5.74, 6) is -2.25. The first-order chi connectivity index (χ1) is 23.9. The van der Waals surface area contributed by atoms with Crippen LogP contribution in [0.3, 0.4) is 0 Å². The fourth-order valence-electron chi connectivity index (χ4n) is 4.32. The topological polar surface area (TPSA) is 256 Å². The zero-order valence-electron chi connectivity index (χ0n) is 27.4. The number of aryl methyl sites for hydroxylation is 1. The summed E-state index contributed by atoms with van der Waals surface area (Å²) in [4.78, 5) is 34.2. The number of azo groups is 1. The Kier molecular flexibility index (Phi) is 14.1. The molecule has 20 heteroatoms. The van der Waals surface area contributed by atoms with Crippen LogP contribution in [-0.2, 0) is 27.0 Å². The molecule has 2 aliphatic rings. The van der Waals surface area contributed by atoms with Crippen LogP contribution < -0.4 is 44.8 Å². The summed E-state index contributed by atoms with van der Waals surface area (Å²) >= 11 is 0. The van der Waals surface area contributed by atoms with E-state index in [1.54, 1.807) is 62.4 Å². The number of rotatable bonds is 7. The Balaban J connectivity index is 0.000000270. The Morgan fingerprint density at radius 2 is 1.48 bits per heavy atom. The van der Waals surface area contributed by atoms with Crippen molar-refractivity contribution in [3.8, 4) is 17.3 Å². The van der Waals surface area contributed by atoms with Crippen LogP contribution in [0.5, 0.6) is 11.6 Å². The molecule has 0 spiro atoms. The smallest absolute Gasteiger partial charge is 0.871 e. The maximum Gasteiger partial charge on any atom is 3.00 e. The minimum Gasteiger partial charge on any atom is -0.871 e. The number of benzene rings is 3. The van der Waals surface area contributed by atoms with E-state index >= 15 is 0 Å². The van der Waals surface area contributed by atoms with E-state index in [-0.39, 0.29) is 81.1 Å². The van der Waals surface area contributed by atoms with Gasteiger partial charge in [0.1, 0.15) is 11.4 Å². The van der Waals surface area contributed by atoms with E-state index in [9.17, 15) is 40.3 Å². The number of allylic oxidation sites excluding steroid dienone is 3. The first-order valence-electron chi connectivity index (χ1n) is 14.3. The average molecular weight is 750 g/mol. The Hall–Kier alpha value is -5.65. The number of carbonyl (C=O) groups excluding carboxylic acids is 2. The van der Waals surface area contributed by atoms with E-state index in [2.05, 4.69) is 30.6 Å². The van der Waals surface area contributed by atoms with E-state index in [1.807, 2.05) is 12.1 Å². The largest absolute Gasteiger partial charge is 3.00 e. The summed E-state index contributed by atoms with van der Waals surface area (Å²) in [5, 5.41) is 80.0. The molecule has 4 aromatic rings. The monoisotopic (exact) mass is 749 g/mol. The van der Waals surface area contributed by atoms with Crippen molar-refractivity contribution in [1.29, 1.82) is 0 Å². The molecule has 1 aliphatic carbocycles. The van der Waals surface area contributed by atoms with Gasteiger partial charge >= 0.3 is 52.8 Å². The van der Waals surface area contributed by atoms with Crippen molar-refractivity contribution < 1.29 is 71.6 Å². The molecule has 0 fully saturated rings. The minimum absolute atomic E-state index is 0. The number of hydroxylamine groups is 2. The molecule has 0 saturated carbocycles. The van der Waals surface area contributed by atoms with Gasteiger partial charge in [-0.05, 0) is 56.3 Å². The van der Waals surface area contributed by atoms with Gasteiger partial charge in [-0.3, -0.25) is 19.7 Å². The van der Waals surface area contributed by atoms with E-state index in [4.69, 9.17) is 0 Å². The summed E-state index contributed by atoms with van der Waals surface area (Å²) < 4.78 is 1.19. The first kappa shape index (κ1) is 40.8. The second kappa shape index (κ2) is 18.0. The number of carbonyl (C=O) groups is 2. The number of nitro benzene ring substituents is 1. The van der Waals surface area contributed by atoms with E-state index in [1.165, 1.54) is 21.8 Å². The van der Waals surface area contributed by atoms with Gasteiger partial charge in [-0.2, -0.15) is 20.3 Å². The third-order valence-electron chi connectivity index (χ3n) is 6.80. The van der Waals surface area contributed by atoms with E-state index in [0.29, 0.717) is 22.8 Å². The van der Waals surface area contributed by atoms with Crippen LogP contribution in [0.2, 0.25) is 0 Å². The van der Waals surface area contributed by atoms with Crippen molar-refractivity contribution in [2.75, 3.05) is 5.01 Å². The van der Waals surface area contributed by atoms with Crippen molar-refractivity contribution >= 4 is 51.6 Å². The van der Waals surface area contributed by atoms with Crippen molar-refractivity contribution in [3.05, 3.63) is 129 Å². The summed E-state index contributed by atoms with van der Waals surface area (Å²) in [6.45, 7) is 3.20. The molecule has 3 aromatic carbocycles. The van der Waals surface area contributed by atoms with Gasteiger partial charge in [0, 0.05) is 29.8 Å². The summed E-state index contributed by atoms with van der Waals surface area (Å²) in [5.41, 5.74) is 1.01. The second-order valence-corrected chi connectivity index (χ2v) is 10.2. The number of hydrogen-bond acceptors (Lipinski definition) is 15. The predicted octanol–water partition coefficient (Wildman–Crippen LogP) is 1.18. The Morgan fingerprint density at radius 3 is 2.06 bits per heavy atom. The Morgan fingerprint density at radius 1 is 0.846 bits per heavy atom. The van der Waals surface area contributed by atoms with Gasteiger partial charge in [0.25, 0.3) is 5.69 Å². The number of hydrazone groups is 1. The predicted molar refractivity (Wildman–Crippen MR) is 177 cm³/mol. The Bertz CT molecular complexity index is 2170. The van der Waals surface area contributed by atoms with Gasteiger partial charge in [0.2, 0.25) is 5.78 Å². The molecule has 0 N–H and O–H groups in total. The molecule has 255 valence electrons. The number of para-hydroxylation sites is 2. The summed E-state index contributed by atoms with van der Waals surface area (Å²) in [7, 11) is 0. The molecule has 18 nitrogen and oxygen atoms in total. The van der Waals surface area contributed by atoms with Crippen LogP contribution in [0.15, 0.2) is 128 Å². The summed E-state index contributed by atoms with van der Waals surface area (Å²) in [6.07, 6.45) is 3.19. The van der Waals surface area contributed by atoms with Crippen molar-refractivity contribution in [1.82, 2.24) is 15.0 Å². The van der Waals surface area contributed by atoms with Crippen molar-refractivity contribution in [2.24, 2.45) is 25.5 Å². The Labute approximate surface area is 327 Å². The molecule has 0 bridgehead atoms. The van der Waals surface area contributed by atoms with Crippen LogP contribution in [0.1, 0.15) is 12.6 Å². The van der Waals surface area contributed by atoms with E-state index in [0.717, 1.165) is 24.3 Å². The maximum atomic E-state index is 12.4. The molecule has 0 saturated heterocycles. The number of anilines is 1. The van der Waals surface area contributed by atoms with Crippen LogP contribution in [0.25, 0.3) is 5.69 Å². The number of nitrogens with zero attached hydrogens (tertiary/aromatic N) is 10. The van der Waals surface area contributed by atoms with Crippen LogP contribution in [-0.4, -0.2) is 48.8 Å². The third kappa shape index (κ3) is 9.36. The molecule has 1 amide bonds. The molecule has 1 aliphatic heterocycles. The maximum absolute atomic E-state index is 12.4. The zero-order valence-corrected chi connectivity index (χ0v) is 30.7. The van der Waals surface area contributed by atoms with Crippen molar-refractivity contribution in [3.63, 3.8) is 0 Å². The molecule has 6 rings (SSSR count). The van der Waals surface area contributed by atoms with Crippen LogP contribution in [0.4, 0.5) is 22.7 Å². The third-order valence-corrected chi connectivity index (χ3v) is 6.80. The quantitative estimate of drug-likeness (QED) is 0.0857. The second-order valence-electron chi connectivity index (χ2n) is 10.2. The van der Waals surface area contributed by atoms with Gasteiger partial charge in [0.05, 0.1) is 33.4 Å². The number of ketones is 1. The van der Waals surface area contributed by atoms with Gasteiger partial charge in [-0.1, -0.05) is 42.1 Å². The van der Waals surface area contributed by atoms with Gasteiger partial charge in [0.15, 0.2) is 5.71 Å². The normalized spacial score (nSPS) is 15.1. The molecular weight excluding hydrogens is 727 g/mol. The van der Waals surface area contributed by atoms with E-state index < -0.39 is 33.5 Å². The number of non-ortho nitro benzene ring substituents is 1. The molecule has 52 heavy (non-hydrogen) atoms. The molecular formula is C32H22CrN10NaO8. The SMILES string of the molecule is CC1=NN(c2ccccc2)C(=O)C1=NN=C1C=CC(N([O-])[O-])=CC1=O.Cc1nn(-c2ccccc2)c([O-])c1N=Nc1ccc([N+](=O)[O-])cc1[O-].[Cr+3].[Na+]. The van der Waals surface area contributed by atoms with Crippen molar-refractivity contribution in [2.45, 2.75) is 13.8 Å². The number of nitro groups is 1. The van der Waals surface area contributed by atoms with Gasteiger partial charge in [-0.15, -0.1) is 15.3 Å². The fourth-order valence-corrected chi connectivity index (χ4v) is 4.32. The fraction of sp³-hybridized carbons (Fsp3) is 0.0625. The average Bonchev–Trinajstić information content (AvgIpc) is 3.56.